The molecule has 2 rings (SSSR count). The van der Waals surface area contributed by atoms with Crippen molar-refractivity contribution >= 4 is 6.03 Å². The standard InChI is InChI=1S/C20H24N2O/c1-17(2)13-14-21-20(23)22(15-18-9-5-3-6-10-18)16-19-11-7-4-8-12-19/h3-14,17H,15-16H2,1-2H3,(H,21,23)/b14-13+. The van der Waals surface area contributed by atoms with Gasteiger partial charge in [-0.25, -0.2) is 4.79 Å². The zero-order chi connectivity index (χ0) is 16.5. The predicted octanol–water partition coefficient (Wildman–Crippen LogP) is 4.57. The summed E-state index contributed by atoms with van der Waals surface area (Å²) in [6.45, 7) is 5.32. The van der Waals surface area contributed by atoms with Crippen LogP contribution in [0.3, 0.4) is 0 Å². The summed E-state index contributed by atoms with van der Waals surface area (Å²) in [6, 6.07) is 20.0. The van der Waals surface area contributed by atoms with Gasteiger partial charge in [0.1, 0.15) is 0 Å². The predicted molar refractivity (Wildman–Crippen MR) is 94.6 cm³/mol. The lowest BCUT2D eigenvalue weighted by atomic mass is 10.2. The lowest BCUT2D eigenvalue weighted by molar-refractivity contribution is 0.196. The molecule has 1 N–H and O–H groups in total. The van der Waals surface area contributed by atoms with E-state index in [-0.39, 0.29) is 6.03 Å². The van der Waals surface area contributed by atoms with Gasteiger partial charge in [0.15, 0.2) is 0 Å². The molecule has 3 nitrogen and oxygen atoms in total. The Kier molecular flexibility index (Phi) is 6.42. The van der Waals surface area contributed by atoms with Crippen LogP contribution in [0.15, 0.2) is 72.9 Å². The third-order valence-electron chi connectivity index (χ3n) is 3.41. The highest BCUT2D eigenvalue weighted by atomic mass is 16.2. The molecule has 0 aliphatic carbocycles. The van der Waals surface area contributed by atoms with Gasteiger partial charge in [-0.1, -0.05) is 80.6 Å². The van der Waals surface area contributed by atoms with Crippen LogP contribution in [0.2, 0.25) is 0 Å². The summed E-state index contributed by atoms with van der Waals surface area (Å²) < 4.78 is 0. The third-order valence-corrected chi connectivity index (χ3v) is 3.41. The van der Waals surface area contributed by atoms with Gasteiger partial charge in [-0.05, 0) is 17.0 Å². The molecule has 3 heteroatoms. The largest absolute Gasteiger partial charge is 0.321 e. The number of amides is 2. The molecule has 0 fully saturated rings. The number of nitrogens with one attached hydrogen (secondary N) is 1. The van der Waals surface area contributed by atoms with Crippen molar-refractivity contribution in [1.82, 2.24) is 10.2 Å². The number of carbonyl (C=O) groups excluding carboxylic acids is 1. The molecule has 0 radical (unpaired) electrons. The first-order valence-electron chi connectivity index (χ1n) is 7.95. The zero-order valence-electron chi connectivity index (χ0n) is 13.8. The topological polar surface area (TPSA) is 32.3 Å². The van der Waals surface area contributed by atoms with Crippen LogP contribution >= 0.6 is 0 Å². The van der Waals surface area contributed by atoms with E-state index in [4.69, 9.17) is 0 Å². The SMILES string of the molecule is CC(C)/C=C/NC(=O)N(Cc1ccccc1)Cc1ccccc1. The van der Waals surface area contributed by atoms with Crippen LogP contribution < -0.4 is 5.32 Å². The Morgan fingerprint density at radius 3 is 1.87 bits per heavy atom. The minimum absolute atomic E-state index is 0.0883. The first kappa shape index (κ1) is 16.8. The van der Waals surface area contributed by atoms with E-state index in [1.54, 1.807) is 6.20 Å². The van der Waals surface area contributed by atoms with E-state index in [0.717, 1.165) is 11.1 Å². The second kappa shape index (κ2) is 8.79. The average Bonchev–Trinajstić information content (AvgIpc) is 2.56. The molecule has 2 amide bonds. The summed E-state index contributed by atoms with van der Waals surface area (Å²) in [6.07, 6.45) is 3.71. The van der Waals surface area contributed by atoms with Gasteiger partial charge in [0.05, 0.1) is 0 Å². The van der Waals surface area contributed by atoms with Crippen molar-refractivity contribution in [2.75, 3.05) is 0 Å². The van der Waals surface area contributed by atoms with Crippen molar-refractivity contribution in [2.24, 2.45) is 5.92 Å². The molecule has 2 aromatic carbocycles. The molecule has 0 aliphatic heterocycles. The lowest BCUT2D eigenvalue weighted by Crippen LogP contribution is -2.36. The van der Waals surface area contributed by atoms with Crippen molar-refractivity contribution in [3.05, 3.63) is 84.1 Å². The summed E-state index contributed by atoms with van der Waals surface area (Å²) in [7, 11) is 0. The Morgan fingerprint density at radius 2 is 1.43 bits per heavy atom. The van der Waals surface area contributed by atoms with Gasteiger partial charge in [0, 0.05) is 19.3 Å². The van der Waals surface area contributed by atoms with Crippen LogP contribution in [-0.4, -0.2) is 10.9 Å². The quantitative estimate of drug-likeness (QED) is 0.833. The average molecular weight is 308 g/mol. The number of allylic oxidation sites excluding steroid dienone is 1. The van der Waals surface area contributed by atoms with Crippen LogP contribution in [0.1, 0.15) is 25.0 Å². The number of hydrogen-bond donors (Lipinski definition) is 1. The van der Waals surface area contributed by atoms with Crippen LogP contribution in [0, 0.1) is 5.92 Å². The molecule has 0 aromatic heterocycles. The van der Waals surface area contributed by atoms with Gasteiger partial charge in [0.25, 0.3) is 0 Å². The van der Waals surface area contributed by atoms with E-state index in [2.05, 4.69) is 19.2 Å². The maximum atomic E-state index is 12.5. The summed E-state index contributed by atoms with van der Waals surface area (Å²) in [5.74, 6) is 0.409. The highest BCUT2D eigenvalue weighted by Crippen LogP contribution is 2.10. The number of benzene rings is 2. The van der Waals surface area contributed by atoms with Gasteiger partial charge in [-0.15, -0.1) is 0 Å². The number of hydrogen-bond acceptors (Lipinski definition) is 1. The molecule has 23 heavy (non-hydrogen) atoms. The highest BCUT2D eigenvalue weighted by molar-refractivity contribution is 5.75. The monoisotopic (exact) mass is 308 g/mol. The number of urea groups is 1. The highest BCUT2D eigenvalue weighted by Gasteiger charge is 2.13. The van der Waals surface area contributed by atoms with Crippen molar-refractivity contribution in [2.45, 2.75) is 26.9 Å². The van der Waals surface area contributed by atoms with Crippen molar-refractivity contribution in [3.63, 3.8) is 0 Å². The number of carbonyl (C=O) groups is 1. The lowest BCUT2D eigenvalue weighted by Gasteiger charge is -2.22. The molecular formula is C20H24N2O. The summed E-state index contributed by atoms with van der Waals surface area (Å²) in [5, 5.41) is 2.86. The Labute approximate surface area is 138 Å². The van der Waals surface area contributed by atoms with E-state index in [0.29, 0.717) is 19.0 Å². The summed E-state index contributed by atoms with van der Waals surface area (Å²) in [5.41, 5.74) is 2.23. The molecule has 0 saturated carbocycles. The van der Waals surface area contributed by atoms with Crippen LogP contribution in [0.4, 0.5) is 4.79 Å². The molecule has 0 atom stereocenters. The van der Waals surface area contributed by atoms with Gasteiger partial charge >= 0.3 is 6.03 Å². The molecule has 0 heterocycles. The van der Waals surface area contributed by atoms with Gasteiger partial charge in [0.2, 0.25) is 0 Å². The van der Waals surface area contributed by atoms with Crippen LogP contribution in [0.5, 0.6) is 0 Å². The van der Waals surface area contributed by atoms with Crippen molar-refractivity contribution in [1.29, 1.82) is 0 Å². The van der Waals surface area contributed by atoms with E-state index >= 15 is 0 Å². The minimum atomic E-state index is -0.0883. The van der Waals surface area contributed by atoms with Crippen molar-refractivity contribution < 1.29 is 4.79 Å². The fourth-order valence-corrected chi connectivity index (χ4v) is 2.21. The molecule has 0 bridgehead atoms. The number of nitrogens with zero attached hydrogens (tertiary/aromatic N) is 1. The molecule has 0 aliphatic rings. The Bertz CT molecular complexity index is 579. The van der Waals surface area contributed by atoms with Crippen molar-refractivity contribution in [3.8, 4) is 0 Å². The molecule has 120 valence electrons. The molecule has 0 saturated heterocycles. The Morgan fingerprint density at radius 1 is 0.957 bits per heavy atom. The van der Waals surface area contributed by atoms with E-state index in [1.807, 2.05) is 71.6 Å². The van der Waals surface area contributed by atoms with Crippen LogP contribution in [-0.2, 0) is 13.1 Å². The van der Waals surface area contributed by atoms with Gasteiger partial charge in [-0.3, -0.25) is 0 Å². The smallest absolute Gasteiger partial charge is 0.316 e. The maximum Gasteiger partial charge on any atom is 0.321 e. The maximum absolute atomic E-state index is 12.5. The third kappa shape index (κ3) is 5.99. The molecule has 0 spiro atoms. The first-order valence-corrected chi connectivity index (χ1v) is 7.95. The molecular weight excluding hydrogens is 284 g/mol. The van der Waals surface area contributed by atoms with E-state index in [9.17, 15) is 4.79 Å². The normalized spacial score (nSPS) is 10.9. The summed E-state index contributed by atoms with van der Waals surface area (Å²) in [4.78, 5) is 14.3. The van der Waals surface area contributed by atoms with Crippen LogP contribution in [0.25, 0.3) is 0 Å². The molecule has 2 aromatic rings. The number of rotatable bonds is 6. The summed E-state index contributed by atoms with van der Waals surface area (Å²) >= 11 is 0. The van der Waals surface area contributed by atoms with E-state index in [1.165, 1.54) is 0 Å². The van der Waals surface area contributed by atoms with Gasteiger partial charge in [-0.2, -0.15) is 0 Å². The fourth-order valence-electron chi connectivity index (χ4n) is 2.21. The molecule has 0 unspecified atom stereocenters. The second-order valence-electron chi connectivity index (χ2n) is 5.88. The zero-order valence-corrected chi connectivity index (χ0v) is 13.8. The van der Waals surface area contributed by atoms with Gasteiger partial charge < -0.3 is 10.2 Å². The fraction of sp³-hybridized carbons (Fsp3) is 0.250. The Balaban J connectivity index is 2.08. The minimum Gasteiger partial charge on any atom is -0.316 e. The Hall–Kier alpha value is -2.55. The second-order valence-corrected chi connectivity index (χ2v) is 5.88. The first-order chi connectivity index (χ1) is 11.1. The van der Waals surface area contributed by atoms with E-state index < -0.39 is 0 Å².